The highest BCUT2D eigenvalue weighted by Crippen LogP contribution is 2.29. The van der Waals surface area contributed by atoms with Crippen molar-refractivity contribution in [3.05, 3.63) is 82.4 Å². The molecule has 0 saturated carbocycles. The molecule has 0 aromatic heterocycles. The Kier molecular flexibility index (Phi) is 11.0. The van der Waals surface area contributed by atoms with Crippen molar-refractivity contribution in [2.45, 2.75) is 51.4 Å². The normalized spacial score (nSPS) is 22.2. The van der Waals surface area contributed by atoms with Gasteiger partial charge in [-0.2, -0.15) is 0 Å². The van der Waals surface area contributed by atoms with Gasteiger partial charge in [0.1, 0.15) is 23.7 Å². The molecule has 1 amide bonds. The highest BCUT2D eigenvalue weighted by atomic mass is 35.5. The third kappa shape index (κ3) is 8.83. The van der Waals surface area contributed by atoms with Gasteiger partial charge in [-0.05, 0) is 87.7 Å². The summed E-state index contributed by atoms with van der Waals surface area (Å²) in [6, 6.07) is 11.9. The summed E-state index contributed by atoms with van der Waals surface area (Å²) < 4.78 is 12.4. The Bertz CT molecular complexity index is 1250. The molecule has 0 aliphatic carbocycles. The molecule has 3 aliphatic rings. The summed E-state index contributed by atoms with van der Waals surface area (Å²) in [5, 5.41) is 3.52. The van der Waals surface area contributed by atoms with E-state index in [0.29, 0.717) is 22.9 Å². The van der Waals surface area contributed by atoms with E-state index in [1.807, 2.05) is 12.1 Å². The lowest BCUT2D eigenvalue weighted by atomic mass is 10.0. The van der Waals surface area contributed by atoms with E-state index >= 15 is 0 Å². The van der Waals surface area contributed by atoms with E-state index in [1.165, 1.54) is 11.1 Å². The number of likely N-dealkylation sites (tertiary alicyclic amines) is 1. The van der Waals surface area contributed by atoms with Crippen LogP contribution >= 0.6 is 11.6 Å². The summed E-state index contributed by atoms with van der Waals surface area (Å²) in [6.45, 7) is 11.0. The fraction of sp³-hybridized carbons (Fsp3) is 0.500. The number of benzene rings is 2. The summed E-state index contributed by atoms with van der Waals surface area (Å²) in [7, 11) is 2.16. The lowest BCUT2D eigenvalue weighted by Crippen LogP contribution is -2.45. The van der Waals surface area contributed by atoms with Gasteiger partial charge in [0.25, 0.3) is 5.91 Å². The van der Waals surface area contributed by atoms with Gasteiger partial charge in [-0.25, -0.2) is 0 Å². The predicted octanol–water partition coefficient (Wildman–Crippen LogP) is 5.19. The second-order valence-electron chi connectivity index (χ2n) is 11.8. The minimum absolute atomic E-state index is 0.0560. The Morgan fingerprint density at radius 3 is 2.62 bits per heavy atom. The Hall–Kier alpha value is -2.84. The quantitative estimate of drug-likeness (QED) is 0.405. The predicted molar refractivity (Wildman–Crippen MR) is 170 cm³/mol. The largest absolute Gasteiger partial charge is 0.489 e. The van der Waals surface area contributed by atoms with Gasteiger partial charge in [-0.3, -0.25) is 9.69 Å². The molecule has 2 aromatic carbocycles. The number of piperazine rings is 1. The zero-order valence-corrected chi connectivity index (χ0v) is 25.8. The molecule has 2 saturated heterocycles. The van der Waals surface area contributed by atoms with Gasteiger partial charge in [-0.1, -0.05) is 42.0 Å². The van der Waals surface area contributed by atoms with Crippen molar-refractivity contribution in [3.8, 4) is 11.5 Å². The first-order chi connectivity index (χ1) is 20.4. The first kappa shape index (κ1) is 30.6. The van der Waals surface area contributed by atoms with E-state index in [1.54, 1.807) is 6.07 Å². The number of amides is 1. The lowest BCUT2D eigenvalue weighted by Gasteiger charge is -2.32. The van der Waals surface area contributed by atoms with Gasteiger partial charge in [0.2, 0.25) is 0 Å². The number of allylic oxidation sites excluding steroid dienone is 3. The number of nitrogens with one attached hydrogen (secondary N) is 1. The molecule has 1 unspecified atom stereocenters. The van der Waals surface area contributed by atoms with Crippen molar-refractivity contribution in [1.29, 1.82) is 0 Å². The number of hydrogen-bond donors (Lipinski definition) is 1. The number of halogens is 1. The van der Waals surface area contributed by atoms with Crippen molar-refractivity contribution < 1.29 is 14.3 Å². The molecular weight excluding hydrogens is 548 g/mol. The molecule has 1 atom stereocenters. The Labute approximate surface area is 256 Å². The molecule has 0 radical (unpaired) electrons. The number of nitrogens with zero attached hydrogens (tertiary/aromatic N) is 3. The van der Waals surface area contributed by atoms with Gasteiger partial charge in [0.05, 0.1) is 5.02 Å². The third-order valence-corrected chi connectivity index (χ3v) is 8.66. The summed E-state index contributed by atoms with van der Waals surface area (Å²) >= 11 is 6.56. The molecule has 5 rings (SSSR count). The summed E-state index contributed by atoms with van der Waals surface area (Å²) in [4.78, 5) is 20.0. The molecule has 3 aliphatic heterocycles. The number of ether oxygens (including phenoxy) is 2. The molecule has 2 aromatic rings. The topological polar surface area (TPSA) is 57.3 Å². The van der Waals surface area contributed by atoms with E-state index in [0.717, 1.165) is 83.8 Å². The second kappa shape index (κ2) is 15.1. The van der Waals surface area contributed by atoms with Crippen molar-refractivity contribution in [2.75, 3.05) is 59.4 Å². The van der Waals surface area contributed by atoms with Gasteiger partial charge >= 0.3 is 0 Å². The smallest absolute Gasteiger partial charge is 0.251 e. The fourth-order valence-corrected chi connectivity index (χ4v) is 6.00. The summed E-state index contributed by atoms with van der Waals surface area (Å²) in [6.07, 6.45) is 12.3. The molecule has 3 heterocycles. The van der Waals surface area contributed by atoms with Crippen molar-refractivity contribution >= 4 is 17.5 Å². The monoisotopic (exact) mass is 592 g/mol. The molecule has 42 heavy (non-hydrogen) atoms. The number of fused-ring (bicyclic) bond motifs is 1. The Balaban J connectivity index is 1.05. The van der Waals surface area contributed by atoms with Crippen LogP contribution in [0.15, 0.2) is 60.7 Å². The molecule has 0 bridgehead atoms. The van der Waals surface area contributed by atoms with Crippen LogP contribution in [0.25, 0.3) is 0 Å². The van der Waals surface area contributed by atoms with Crippen LogP contribution < -0.4 is 14.8 Å². The van der Waals surface area contributed by atoms with Crippen LogP contribution in [0.5, 0.6) is 11.5 Å². The van der Waals surface area contributed by atoms with Gasteiger partial charge in [0.15, 0.2) is 0 Å². The van der Waals surface area contributed by atoms with E-state index < -0.39 is 0 Å². The third-order valence-electron chi connectivity index (χ3n) is 8.37. The van der Waals surface area contributed by atoms with Crippen LogP contribution in [-0.2, 0) is 13.0 Å². The first-order valence-corrected chi connectivity index (χ1v) is 15.8. The molecule has 8 heteroatoms. The molecule has 7 nitrogen and oxygen atoms in total. The Morgan fingerprint density at radius 2 is 1.83 bits per heavy atom. The van der Waals surface area contributed by atoms with Gasteiger partial charge < -0.3 is 24.6 Å². The highest BCUT2D eigenvalue weighted by Gasteiger charge is 2.22. The van der Waals surface area contributed by atoms with E-state index in [2.05, 4.69) is 76.5 Å². The number of hydrogen-bond acceptors (Lipinski definition) is 6. The maximum absolute atomic E-state index is 12.7. The van der Waals surface area contributed by atoms with Crippen LogP contribution in [0.2, 0.25) is 5.02 Å². The SMILES string of the molecule is CC1/C=C\C=C/Cc2cc(CN3CCC(Oc4ccc(C(=O)NCCCN5CCN(C)CC5)cc4Cl)CC3)ccc2O1. The zero-order valence-electron chi connectivity index (χ0n) is 25.1. The van der Waals surface area contributed by atoms with E-state index in [4.69, 9.17) is 21.1 Å². The maximum atomic E-state index is 12.7. The number of likely N-dealkylation sites (N-methyl/N-ethyl adjacent to an activating group) is 1. The molecule has 2 fully saturated rings. The van der Waals surface area contributed by atoms with Crippen LogP contribution in [0, 0.1) is 0 Å². The summed E-state index contributed by atoms with van der Waals surface area (Å²) in [5.74, 6) is 1.53. The zero-order chi connectivity index (χ0) is 29.3. The van der Waals surface area contributed by atoms with Crippen LogP contribution in [0.4, 0.5) is 0 Å². The molecule has 226 valence electrons. The fourth-order valence-electron chi connectivity index (χ4n) is 5.78. The maximum Gasteiger partial charge on any atom is 0.251 e. The van der Waals surface area contributed by atoms with E-state index in [-0.39, 0.29) is 18.1 Å². The van der Waals surface area contributed by atoms with Crippen molar-refractivity contribution in [2.24, 2.45) is 0 Å². The van der Waals surface area contributed by atoms with Crippen molar-refractivity contribution in [1.82, 2.24) is 20.0 Å². The van der Waals surface area contributed by atoms with Gasteiger partial charge in [0, 0.05) is 57.9 Å². The first-order valence-electron chi connectivity index (χ1n) is 15.4. The van der Waals surface area contributed by atoms with Crippen LogP contribution in [0.1, 0.15) is 47.7 Å². The number of carbonyl (C=O) groups is 1. The van der Waals surface area contributed by atoms with Crippen LogP contribution in [0.3, 0.4) is 0 Å². The highest BCUT2D eigenvalue weighted by molar-refractivity contribution is 6.32. The average molecular weight is 593 g/mol. The average Bonchev–Trinajstić information content (AvgIpc) is 3.07. The molecule has 0 spiro atoms. The number of carbonyl (C=O) groups excluding carboxylic acids is 1. The second-order valence-corrected chi connectivity index (χ2v) is 12.2. The lowest BCUT2D eigenvalue weighted by molar-refractivity contribution is 0.0947. The number of piperidine rings is 1. The minimum Gasteiger partial charge on any atom is -0.489 e. The van der Waals surface area contributed by atoms with Crippen molar-refractivity contribution in [3.63, 3.8) is 0 Å². The number of rotatable bonds is 9. The standard InChI is InChI=1S/C34H45ClN4O3/c1-26-7-4-3-5-8-28-23-27(9-11-32(28)41-26)25-39-17-13-30(14-18-39)42-33-12-10-29(24-31(33)35)34(40)36-15-6-16-38-21-19-37(2)20-22-38/h3-5,7,9-12,23-24,26,30H,6,8,13-22,25H2,1-2H3,(H,36,40)/b5-3-,7-4-. The Morgan fingerprint density at radius 1 is 1.02 bits per heavy atom. The van der Waals surface area contributed by atoms with E-state index in [9.17, 15) is 4.79 Å². The van der Waals surface area contributed by atoms with Gasteiger partial charge in [-0.15, -0.1) is 0 Å². The minimum atomic E-state index is -0.0900. The molecule has 1 N–H and O–H groups in total. The van der Waals surface area contributed by atoms with Crippen LogP contribution in [-0.4, -0.2) is 92.2 Å². The summed E-state index contributed by atoms with van der Waals surface area (Å²) in [5.41, 5.74) is 3.11. The molecular formula is C34H45ClN4O3.